The first-order chi connectivity index (χ1) is 9.08. The average Bonchev–Trinajstić information content (AvgIpc) is 2.25. The Labute approximate surface area is 109 Å². The summed E-state index contributed by atoms with van der Waals surface area (Å²) in [4.78, 5) is 6.47. The lowest BCUT2D eigenvalue weighted by molar-refractivity contribution is -0.172. The fraction of sp³-hybridized carbons (Fsp3) is 0.556. The number of nitrogen functional groups attached to an aromatic ring is 1. The van der Waals surface area contributed by atoms with Gasteiger partial charge in [-0.15, -0.1) is 0 Å². The molecule has 1 rings (SSSR count). The largest absolute Gasteiger partial charge is 0.433 e. The van der Waals surface area contributed by atoms with E-state index < -0.39 is 30.6 Å². The van der Waals surface area contributed by atoms with Crippen molar-refractivity contribution in [2.45, 2.75) is 12.4 Å². The van der Waals surface area contributed by atoms with E-state index in [0.717, 1.165) is 0 Å². The molecule has 0 saturated carbocycles. The van der Waals surface area contributed by atoms with Gasteiger partial charge in [0.15, 0.2) is 5.69 Å². The molecule has 0 aliphatic carbocycles. The molecule has 5 nitrogen and oxygen atoms in total. The lowest BCUT2D eigenvalue weighted by atomic mass is 10.4. The van der Waals surface area contributed by atoms with Gasteiger partial charge in [0.2, 0.25) is 5.95 Å². The highest BCUT2D eigenvalue weighted by molar-refractivity contribution is 5.41. The monoisotopic (exact) mass is 304 g/mol. The number of alkyl halides is 6. The minimum absolute atomic E-state index is 0.163. The summed E-state index contributed by atoms with van der Waals surface area (Å²) in [6.45, 7) is -1.96. The third-order valence-electron chi connectivity index (χ3n) is 1.85. The molecule has 0 amide bonds. The summed E-state index contributed by atoms with van der Waals surface area (Å²) in [7, 11) is 0. The lowest BCUT2D eigenvalue weighted by Crippen LogP contribution is -2.20. The molecule has 1 aromatic rings. The molecule has 0 radical (unpaired) electrons. The third-order valence-corrected chi connectivity index (χ3v) is 1.85. The molecule has 0 spiro atoms. The SMILES string of the molecule is Nc1nc(NCCOCC(F)(F)F)cc(C(F)(F)F)n1. The average molecular weight is 304 g/mol. The number of hydrogen-bond acceptors (Lipinski definition) is 5. The van der Waals surface area contributed by atoms with Gasteiger partial charge >= 0.3 is 12.4 Å². The van der Waals surface area contributed by atoms with Gasteiger partial charge in [0.25, 0.3) is 0 Å². The fourth-order valence-corrected chi connectivity index (χ4v) is 1.14. The van der Waals surface area contributed by atoms with Crippen molar-refractivity contribution in [2.24, 2.45) is 0 Å². The summed E-state index contributed by atoms with van der Waals surface area (Å²) in [6.07, 6.45) is -9.15. The highest BCUT2D eigenvalue weighted by atomic mass is 19.4. The number of nitrogens with two attached hydrogens (primary N) is 1. The van der Waals surface area contributed by atoms with Crippen molar-refractivity contribution in [1.29, 1.82) is 0 Å². The topological polar surface area (TPSA) is 73.1 Å². The smallest absolute Gasteiger partial charge is 0.370 e. The molecule has 0 aliphatic rings. The van der Waals surface area contributed by atoms with Crippen LogP contribution >= 0.6 is 0 Å². The van der Waals surface area contributed by atoms with Crippen molar-refractivity contribution in [2.75, 3.05) is 30.8 Å². The van der Waals surface area contributed by atoms with Crippen molar-refractivity contribution >= 4 is 11.8 Å². The molecule has 0 unspecified atom stereocenters. The predicted octanol–water partition coefficient (Wildman–Crippen LogP) is 2.07. The van der Waals surface area contributed by atoms with E-state index in [2.05, 4.69) is 20.0 Å². The van der Waals surface area contributed by atoms with Gasteiger partial charge < -0.3 is 15.8 Å². The summed E-state index contributed by atoms with van der Waals surface area (Å²) in [5.74, 6) is -0.848. The molecule has 1 aromatic heterocycles. The van der Waals surface area contributed by atoms with Crippen LogP contribution in [-0.2, 0) is 10.9 Å². The van der Waals surface area contributed by atoms with Crippen LogP contribution in [0.4, 0.5) is 38.1 Å². The molecule has 0 saturated heterocycles. The van der Waals surface area contributed by atoms with E-state index in [9.17, 15) is 26.3 Å². The fourth-order valence-electron chi connectivity index (χ4n) is 1.14. The highest BCUT2D eigenvalue weighted by Gasteiger charge is 2.33. The zero-order valence-electron chi connectivity index (χ0n) is 9.85. The molecule has 0 bridgehead atoms. The Kier molecular flexibility index (Phi) is 4.98. The van der Waals surface area contributed by atoms with E-state index in [1.165, 1.54) is 0 Å². The maximum Gasteiger partial charge on any atom is 0.433 e. The highest BCUT2D eigenvalue weighted by Crippen LogP contribution is 2.29. The van der Waals surface area contributed by atoms with Gasteiger partial charge in [-0.25, -0.2) is 4.98 Å². The van der Waals surface area contributed by atoms with Gasteiger partial charge in [0.05, 0.1) is 6.61 Å². The molecular weight excluding hydrogens is 294 g/mol. The van der Waals surface area contributed by atoms with Gasteiger partial charge in [0, 0.05) is 12.6 Å². The van der Waals surface area contributed by atoms with E-state index in [-0.39, 0.29) is 19.0 Å². The number of nitrogens with one attached hydrogen (secondary N) is 1. The van der Waals surface area contributed by atoms with Gasteiger partial charge in [-0.2, -0.15) is 31.3 Å². The van der Waals surface area contributed by atoms with Gasteiger partial charge in [-0.3, -0.25) is 0 Å². The number of anilines is 2. The van der Waals surface area contributed by atoms with Crippen LogP contribution in [0, 0.1) is 0 Å². The van der Waals surface area contributed by atoms with Crippen LogP contribution in [0.25, 0.3) is 0 Å². The molecule has 0 aliphatic heterocycles. The Morgan fingerprint density at radius 2 is 1.80 bits per heavy atom. The lowest BCUT2D eigenvalue weighted by Gasteiger charge is -2.11. The number of nitrogens with zero attached hydrogens (tertiary/aromatic N) is 2. The Balaban J connectivity index is 2.50. The zero-order chi connectivity index (χ0) is 15.4. The molecule has 0 aromatic carbocycles. The third kappa shape index (κ3) is 5.91. The molecular formula is C9H10F6N4O. The van der Waals surface area contributed by atoms with Crippen molar-refractivity contribution in [3.63, 3.8) is 0 Å². The van der Waals surface area contributed by atoms with E-state index >= 15 is 0 Å². The molecule has 3 N–H and O–H groups in total. The molecule has 20 heavy (non-hydrogen) atoms. The minimum Gasteiger partial charge on any atom is -0.370 e. The van der Waals surface area contributed by atoms with E-state index in [1.807, 2.05) is 0 Å². The van der Waals surface area contributed by atoms with Crippen LogP contribution in [0.3, 0.4) is 0 Å². The number of ether oxygens (including phenoxy) is 1. The summed E-state index contributed by atoms with van der Waals surface area (Å²) in [6, 6.07) is 0.597. The second-order valence-corrected chi connectivity index (χ2v) is 3.59. The van der Waals surface area contributed by atoms with E-state index in [1.54, 1.807) is 0 Å². The quantitative estimate of drug-likeness (QED) is 0.643. The summed E-state index contributed by atoms with van der Waals surface area (Å²) in [5, 5.41) is 2.36. The summed E-state index contributed by atoms with van der Waals surface area (Å²) in [5.41, 5.74) is 3.85. The van der Waals surface area contributed by atoms with Crippen LogP contribution < -0.4 is 11.1 Å². The molecule has 11 heteroatoms. The first-order valence-corrected chi connectivity index (χ1v) is 5.18. The van der Waals surface area contributed by atoms with Gasteiger partial charge in [-0.1, -0.05) is 0 Å². The maximum absolute atomic E-state index is 12.4. The number of rotatable bonds is 5. The summed E-state index contributed by atoms with van der Waals surface area (Å²) < 4.78 is 76.7. The van der Waals surface area contributed by atoms with Crippen LogP contribution in [0.5, 0.6) is 0 Å². The number of halogens is 6. The second-order valence-electron chi connectivity index (χ2n) is 3.59. The minimum atomic E-state index is -4.69. The van der Waals surface area contributed by atoms with Crippen molar-refractivity contribution < 1.29 is 31.1 Å². The van der Waals surface area contributed by atoms with Gasteiger partial charge in [0.1, 0.15) is 12.4 Å². The van der Waals surface area contributed by atoms with Crippen LogP contribution in [0.15, 0.2) is 6.07 Å². The van der Waals surface area contributed by atoms with Crippen LogP contribution in [-0.4, -0.2) is 35.9 Å². The summed E-state index contributed by atoms with van der Waals surface area (Å²) >= 11 is 0. The second kappa shape index (κ2) is 6.11. The Bertz CT molecular complexity index is 447. The van der Waals surface area contributed by atoms with Crippen LogP contribution in [0.2, 0.25) is 0 Å². The molecule has 0 fully saturated rings. The first-order valence-electron chi connectivity index (χ1n) is 5.18. The van der Waals surface area contributed by atoms with Crippen molar-refractivity contribution in [3.8, 4) is 0 Å². The molecule has 1 heterocycles. The van der Waals surface area contributed by atoms with Crippen molar-refractivity contribution in [3.05, 3.63) is 11.8 Å². The Morgan fingerprint density at radius 1 is 1.15 bits per heavy atom. The number of hydrogen-bond donors (Lipinski definition) is 2. The number of aromatic nitrogens is 2. The van der Waals surface area contributed by atoms with E-state index in [0.29, 0.717) is 6.07 Å². The molecule has 114 valence electrons. The van der Waals surface area contributed by atoms with Crippen molar-refractivity contribution in [1.82, 2.24) is 9.97 Å². The Morgan fingerprint density at radius 3 is 2.35 bits per heavy atom. The van der Waals surface area contributed by atoms with E-state index in [4.69, 9.17) is 5.73 Å². The molecule has 0 atom stereocenters. The zero-order valence-corrected chi connectivity index (χ0v) is 9.85. The Hall–Kier alpha value is -1.78. The van der Waals surface area contributed by atoms with Gasteiger partial charge in [-0.05, 0) is 0 Å². The van der Waals surface area contributed by atoms with Crippen LogP contribution in [0.1, 0.15) is 5.69 Å². The first kappa shape index (κ1) is 16.3. The predicted molar refractivity (Wildman–Crippen MR) is 56.8 cm³/mol. The normalized spacial score (nSPS) is 12.5. The standard InChI is InChI=1S/C9H10F6N4O/c10-8(11,12)4-20-2-1-17-6-3-5(9(13,14)15)18-7(16)19-6/h3H,1-2,4H2,(H3,16,17,18,19). The maximum atomic E-state index is 12.4.